The van der Waals surface area contributed by atoms with E-state index in [9.17, 15) is 14.4 Å². The summed E-state index contributed by atoms with van der Waals surface area (Å²) in [5, 5.41) is 2.90. The van der Waals surface area contributed by atoms with Crippen molar-refractivity contribution in [2.24, 2.45) is 0 Å². The molecule has 1 N–H and O–H groups in total. The van der Waals surface area contributed by atoms with Crippen LogP contribution in [-0.4, -0.2) is 53.2 Å². The third-order valence-corrected chi connectivity index (χ3v) is 5.01. The molecule has 134 valence electrons. The highest BCUT2D eigenvalue weighted by Crippen LogP contribution is 2.22. The number of anilines is 1. The number of piperidine rings is 1. The summed E-state index contributed by atoms with van der Waals surface area (Å²) in [6.45, 7) is 3.63. The quantitative estimate of drug-likeness (QED) is 0.855. The molecule has 2 aliphatic heterocycles. The van der Waals surface area contributed by atoms with Crippen molar-refractivity contribution in [2.75, 3.05) is 25.0 Å². The van der Waals surface area contributed by atoms with Crippen LogP contribution in [0.15, 0.2) is 24.3 Å². The smallest absolute Gasteiger partial charge is 0.322 e. The van der Waals surface area contributed by atoms with Crippen LogP contribution in [0.4, 0.5) is 10.5 Å². The number of benzene rings is 1. The van der Waals surface area contributed by atoms with Gasteiger partial charge in [-0.15, -0.1) is 0 Å². The third-order valence-electron chi connectivity index (χ3n) is 5.01. The molecule has 0 saturated carbocycles. The Morgan fingerprint density at radius 3 is 2.76 bits per heavy atom. The number of carbonyl (C=O) groups is 3. The van der Waals surface area contributed by atoms with Crippen LogP contribution in [0, 0.1) is 0 Å². The molecule has 0 spiro atoms. The van der Waals surface area contributed by atoms with Crippen molar-refractivity contribution in [3.05, 3.63) is 29.8 Å². The summed E-state index contributed by atoms with van der Waals surface area (Å²) >= 11 is 0. The van der Waals surface area contributed by atoms with Crippen molar-refractivity contribution in [1.29, 1.82) is 0 Å². The van der Waals surface area contributed by atoms with E-state index in [1.807, 2.05) is 9.80 Å². The Balaban J connectivity index is 1.67. The van der Waals surface area contributed by atoms with E-state index in [0.29, 0.717) is 30.8 Å². The van der Waals surface area contributed by atoms with Crippen molar-refractivity contribution >= 4 is 23.4 Å². The number of carbonyl (C=O) groups excluding carboxylic acids is 3. The van der Waals surface area contributed by atoms with E-state index in [1.165, 1.54) is 6.92 Å². The fraction of sp³-hybridized carbons (Fsp3) is 0.526. The van der Waals surface area contributed by atoms with Crippen molar-refractivity contribution in [3.8, 4) is 0 Å². The molecule has 1 aromatic rings. The zero-order valence-corrected chi connectivity index (χ0v) is 14.7. The van der Waals surface area contributed by atoms with Gasteiger partial charge in [-0.1, -0.05) is 12.1 Å². The first-order chi connectivity index (χ1) is 12.0. The molecule has 2 aliphatic rings. The summed E-state index contributed by atoms with van der Waals surface area (Å²) in [6, 6.07) is 6.89. The second-order valence-electron chi connectivity index (χ2n) is 6.85. The minimum absolute atomic E-state index is 0.0282. The standard InChI is InChI=1S/C19H25N3O3/c1-14(23)15-6-4-7-16(12-15)20-19(25)22-11-3-2-8-17(22)13-21-10-5-9-18(21)24/h4,6-7,12,17H,2-3,5,8-11,13H2,1H3,(H,20,25)/t17-/m1/s1. The molecular weight excluding hydrogens is 318 g/mol. The van der Waals surface area contributed by atoms with E-state index in [1.54, 1.807) is 24.3 Å². The van der Waals surface area contributed by atoms with Gasteiger partial charge in [-0.2, -0.15) is 0 Å². The zero-order chi connectivity index (χ0) is 17.8. The Morgan fingerprint density at radius 2 is 2.04 bits per heavy atom. The second kappa shape index (κ2) is 7.68. The summed E-state index contributed by atoms with van der Waals surface area (Å²) in [5.41, 5.74) is 1.20. The van der Waals surface area contributed by atoms with E-state index in [4.69, 9.17) is 0 Å². The van der Waals surface area contributed by atoms with Gasteiger partial charge in [0.1, 0.15) is 0 Å². The van der Waals surface area contributed by atoms with Crippen LogP contribution >= 0.6 is 0 Å². The molecule has 2 saturated heterocycles. The molecule has 0 radical (unpaired) electrons. The first-order valence-corrected chi connectivity index (χ1v) is 9.01. The van der Waals surface area contributed by atoms with Crippen LogP contribution in [-0.2, 0) is 4.79 Å². The van der Waals surface area contributed by atoms with Crippen LogP contribution in [0.1, 0.15) is 49.4 Å². The number of ketones is 1. The van der Waals surface area contributed by atoms with Crippen molar-refractivity contribution in [2.45, 2.75) is 45.1 Å². The third kappa shape index (κ3) is 4.18. The number of hydrogen-bond donors (Lipinski definition) is 1. The predicted molar refractivity (Wildman–Crippen MR) is 95.6 cm³/mol. The van der Waals surface area contributed by atoms with Gasteiger partial charge in [0.25, 0.3) is 0 Å². The first-order valence-electron chi connectivity index (χ1n) is 9.01. The van der Waals surface area contributed by atoms with Crippen LogP contribution in [0.2, 0.25) is 0 Å². The largest absolute Gasteiger partial charge is 0.341 e. The molecule has 0 bridgehead atoms. The van der Waals surface area contributed by atoms with E-state index >= 15 is 0 Å². The van der Waals surface area contributed by atoms with Crippen LogP contribution in [0.3, 0.4) is 0 Å². The molecule has 0 aromatic heterocycles. The van der Waals surface area contributed by atoms with E-state index in [2.05, 4.69) is 5.32 Å². The maximum absolute atomic E-state index is 12.7. The molecule has 1 atom stereocenters. The summed E-state index contributed by atoms with van der Waals surface area (Å²) in [6.07, 6.45) is 4.51. The Bertz CT molecular complexity index is 674. The van der Waals surface area contributed by atoms with Gasteiger partial charge in [0.2, 0.25) is 5.91 Å². The maximum Gasteiger partial charge on any atom is 0.322 e. The van der Waals surface area contributed by atoms with Crippen molar-refractivity contribution in [3.63, 3.8) is 0 Å². The first kappa shape index (κ1) is 17.5. The Kier molecular flexibility index (Phi) is 5.36. The van der Waals surface area contributed by atoms with Gasteiger partial charge >= 0.3 is 6.03 Å². The Morgan fingerprint density at radius 1 is 1.20 bits per heavy atom. The normalized spacial score (nSPS) is 20.7. The summed E-state index contributed by atoms with van der Waals surface area (Å²) < 4.78 is 0. The number of amides is 3. The van der Waals surface area contributed by atoms with Crippen molar-refractivity contribution in [1.82, 2.24) is 9.80 Å². The van der Waals surface area contributed by atoms with Gasteiger partial charge in [-0.3, -0.25) is 9.59 Å². The Labute approximate surface area is 148 Å². The van der Waals surface area contributed by atoms with Crippen LogP contribution in [0.25, 0.3) is 0 Å². The van der Waals surface area contributed by atoms with Gasteiger partial charge in [-0.25, -0.2) is 4.79 Å². The lowest BCUT2D eigenvalue weighted by Crippen LogP contribution is -2.51. The van der Waals surface area contributed by atoms with Crippen LogP contribution in [0.5, 0.6) is 0 Å². The fourth-order valence-corrected chi connectivity index (χ4v) is 3.62. The average Bonchev–Trinajstić information content (AvgIpc) is 3.00. The van der Waals surface area contributed by atoms with E-state index < -0.39 is 0 Å². The van der Waals surface area contributed by atoms with Crippen molar-refractivity contribution < 1.29 is 14.4 Å². The Hall–Kier alpha value is -2.37. The average molecular weight is 343 g/mol. The molecule has 25 heavy (non-hydrogen) atoms. The molecule has 1 aromatic carbocycles. The topological polar surface area (TPSA) is 69.7 Å². The highest BCUT2D eigenvalue weighted by molar-refractivity contribution is 5.96. The van der Waals surface area contributed by atoms with Gasteiger partial charge in [0.05, 0.1) is 6.04 Å². The molecule has 2 fully saturated rings. The molecule has 3 rings (SSSR count). The number of nitrogens with one attached hydrogen (secondary N) is 1. The number of rotatable bonds is 4. The monoisotopic (exact) mass is 343 g/mol. The SMILES string of the molecule is CC(=O)c1cccc(NC(=O)N2CCCC[C@@H]2CN2CCCC2=O)c1. The number of nitrogens with zero attached hydrogens (tertiary/aromatic N) is 2. The fourth-order valence-electron chi connectivity index (χ4n) is 3.62. The summed E-state index contributed by atoms with van der Waals surface area (Å²) in [5.74, 6) is 0.166. The maximum atomic E-state index is 12.7. The molecule has 3 amide bonds. The lowest BCUT2D eigenvalue weighted by molar-refractivity contribution is -0.128. The van der Waals surface area contributed by atoms with Crippen LogP contribution < -0.4 is 5.32 Å². The van der Waals surface area contributed by atoms with Gasteiger partial charge in [0.15, 0.2) is 5.78 Å². The molecule has 6 nitrogen and oxygen atoms in total. The summed E-state index contributed by atoms with van der Waals surface area (Å²) in [7, 11) is 0. The van der Waals surface area contributed by atoms with Gasteiger partial charge in [-0.05, 0) is 44.7 Å². The lowest BCUT2D eigenvalue weighted by atomic mass is 10.0. The molecule has 2 heterocycles. The number of Topliss-reactive ketones (excluding diaryl/α,β-unsaturated/α-hetero) is 1. The minimum Gasteiger partial charge on any atom is -0.341 e. The molecular formula is C19H25N3O3. The molecule has 0 unspecified atom stereocenters. The minimum atomic E-state index is -0.156. The number of hydrogen-bond acceptors (Lipinski definition) is 3. The lowest BCUT2D eigenvalue weighted by Gasteiger charge is -2.37. The highest BCUT2D eigenvalue weighted by Gasteiger charge is 2.31. The van der Waals surface area contributed by atoms with E-state index in [0.717, 1.165) is 32.2 Å². The zero-order valence-electron chi connectivity index (χ0n) is 14.7. The number of urea groups is 1. The molecule has 0 aliphatic carbocycles. The summed E-state index contributed by atoms with van der Waals surface area (Å²) in [4.78, 5) is 39.9. The highest BCUT2D eigenvalue weighted by atomic mass is 16.2. The van der Waals surface area contributed by atoms with E-state index in [-0.39, 0.29) is 23.8 Å². The van der Waals surface area contributed by atoms with Gasteiger partial charge < -0.3 is 15.1 Å². The molecule has 6 heteroatoms. The van der Waals surface area contributed by atoms with Gasteiger partial charge in [0, 0.05) is 37.3 Å². The number of likely N-dealkylation sites (tertiary alicyclic amines) is 2. The second-order valence-corrected chi connectivity index (χ2v) is 6.85. The predicted octanol–water partition coefficient (Wildman–Crippen LogP) is 2.90.